The Morgan fingerprint density at radius 3 is 0.766 bits per heavy atom. The van der Waals surface area contributed by atoms with E-state index in [1.165, 1.54) is 0 Å². The lowest BCUT2D eigenvalue weighted by molar-refractivity contribution is -0.121. The Hall–Kier alpha value is -0.800. The highest BCUT2D eigenvalue weighted by Crippen LogP contribution is 2.40. The molecule has 23 nitrogen and oxygen atoms in total. The molecule has 0 aromatic heterocycles. The average Bonchev–Trinajstić information content (AvgIpc) is 3.26. The van der Waals surface area contributed by atoms with Gasteiger partial charge in [-0.05, 0) is 136 Å². The molecule has 0 atom stereocenters. The molecule has 0 bridgehead atoms. The number of nitrogens with zero attached hydrogens (tertiary/aromatic N) is 2. The van der Waals surface area contributed by atoms with Gasteiger partial charge in [0, 0.05) is 7.14 Å². The molecule has 358 valence electrons. The number of carbonyl (C=O) groups excluding carboxylic acids is 6. The van der Waals surface area contributed by atoms with Gasteiger partial charge >= 0.3 is 0 Å². The van der Waals surface area contributed by atoms with Crippen molar-refractivity contribution in [2.24, 2.45) is 0 Å². The number of rotatable bonds is 24. The Balaban J connectivity index is 2.99. The maximum Gasteiger partial charge on any atom is 0.253 e. The standard InChI is InChI=1S/C35H44I6N6O17/c36-24-20(32(61)42-13(3-48)4-49)26(38)30(27(39)21(24)33(62)43-14(5-50)6-51)46(18(59)11-56)1-17(58)2-47(19(60)12-57)31-28(40)22(34(63)44-15(7-52)8-53)25(37)23(29(31)41)35(64)45-16(9-54)10-55/h13-17,48-58H,1-12H2,(H,42,61)(H,43,62)(H,44,63)(H,45,64). The van der Waals surface area contributed by atoms with E-state index >= 15 is 0 Å². The van der Waals surface area contributed by atoms with Crippen molar-refractivity contribution in [3.63, 3.8) is 0 Å². The third-order valence-corrected chi connectivity index (χ3v) is 15.2. The van der Waals surface area contributed by atoms with Crippen LogP contribution in [0.2, 0.25) is 0 Å². The first-order valence-electron chi connectivity index (χ1n) is 18.3. The monoisotopic (exact) mass is 1580 g/mol. The maximum absolute atomic E-state index is 13.8. The van der Waals surface area contributed by atoms with E-state index in [1.807, 2.05) is 0 Å². The van der Waals surface area contributed by atoms with E-state index in [0.717, 1.165) is 9.80 Å². The zero-order chi connectivity index (χ0) is 48.7. The van der Waals surface area contributed by atoms with Crippen molar-refractivity contribution in [2.75, 3.05) is 89.0 Å². The lowest BCUT2D eigenvalue weighted by Gasteiger charge is -2.33. The van der Waals surface area contributed by atoms with Crippen LogP contribution in [0.1, 0.15) is 41.4 Å². The smallest absolute Gasteiger partial charge is 0.253 e. The molecule has 0 aliphatic carbocycles. The van der Waals surface area contributed by atoms with E-state index in [2.05, 4.69) is 21.3 Å². The second-order valence-electron chi connectivity index (χ2n) is 13.2. The number of amides is 6. The minimum Gasteiger partial charge on any atom is -0.394 e. The minimum atomic E-state index is -1.87. The van der Waals surface area contributed by atoms with E-state index in [0.29, 0.717) is 0 Å². The summed E-state index contributed by atoms with van der Waals surface area (Å²) in [6, 6.07) is -4.72. The number of carbonyl (C=O) groups is 6. The topological polar surface area (TPSA) is 380 Å². The lowest BCUT2D eigenvalue weighted by Crippen LogP contribution is -2.48. The summed E-state index contributed by atoms with van der Waals surface area (Å²) >= 11 is 10.1. The highest BCUT2D eigenvalue weighted by Gasteiger charge is 2.37. The van der Waals surface area contributed by atoms with Gasteiger partial charge in [0.2, 0.25) is 0 Å². The molecule has 0 saturated carbocycles. The van der Waals surface area contributed by atoms with Crippen LogP contribution in [-0.4, -0.2) is 201 Å². The second kappa shape index (κ2) is 28.6. The molecule has 15 N–H and O–H groups in total. The summed E-state index contributed by atoms with van der Waals surface area (Å²) in [5.41, 5.74) is -1.54. The van der Waals surface area contributed by atoms with Gasteiger partial charge < -0.3 is 87.2 Å². The Labute approximate surface area is 446 Å². The van der Waals surface area contributed by atoms with Crippen molar-refractivity contribution in [2.45, 2.75) is 30.3 Å². The van der Waals surface area contributed by atoms with Gasteiger partial charge in [-0.15, -0.1) is 0 Å². The summed E-state index contributed by atoms with van der Waals surface area (Å²) in [6.07, 6.45) is -1.87. The summed E-state index contributed by atoms with van der Waals surface area (Å²) < 4.78 is -0.239. The van der Waals surface area contributed by atoms with Crippen LogP contribution in [0.15, 0.2) is 0 Å². The zero-order valence-corrected chi connectivity index (χ0v) is 45.8. The van der Waals surface area contributed by atoms with Crippen LogP contribution in [0.25, 0.3) is 0 Å². The molecule has 0 aliphatic heterocycles. The van der Waals surface area contributed by atoms with Gasteiger partial charge in [-0.1, -0.05) is 0 Å². The molecule has 2 aromatic rings. The van der Waals surface area contributed by atoms with Gasteiger partial charge in [0.25, 0.3) is 35.4 Å². The quantitative estimate of drug-likeness (QED) is 0.0451. The Morgan fingerprint density at radius 1 is 0.391 bits per heavy atom. The molecule has 0 unspecified atom stereocenters. The Morgan fingerprint density at radius 2 is 0.594 bits per heavy atom. The fourth-order valence-corrected chi connectivity index (χ4v) is 14.9. The molecular formula is C35H44I6N6O17. The van der Waals surface area contributed by atoms with Gasteiger partial charge in [-0.25, -0.2) is 0 Å². The fraction of sp³-hybridized carbons (Fsp3) is 0.486. The molecule has 0 aliphatic rings. The summed E-state index contributed by atoms with van der Waals surface area (Å²) in [4.78, 5) is 84.1. The fourth-order valence-electron chi connectivity index (χ4n) is 5.48. The second-order valence-corrected chi connectivity index (χ2v) is 19.7. The van der Waals surface area contributed by atoms with E-state index in [4.69, 9.17) is 0 Å². The van der Waals surface area contributed by atoms with Crippen molar-refractivity contribution < 1.29 is 84.9 Å². The summed E-state index contributed by atoms with van der Waals surface area (Å²) in [7, 11) is 0. The SMILES string of the molecule is O=C(NC(CO)CO)c1c(I)c(C(=O)NC(CO)CO)c(I)c(N(CC(O)CN(C(=O)CO)c2c(I)c(C(=O)NC(CO)CO)c(I)c(C(=O)NC(CO)CO)c2I)C(=O)CO)c1I. The zero-order valence-electron chi connectivity index (χ0n) is 32.9. The molecule has 2 rings (SSSR count). The third-order valence-electron chi connectivity index (χ3n) is 8.80. The Bertz CT molecular complexity index is 1780. The summed E-state index contributed by atoms with van der Waals surface area (Å²) in [5, 5.41) is 119. The number of benzene rings is 2. The largest absolute Gasteiger partial charge is 0.394 e. The first kappa shape index (κ1) is 59.3. The van der Waals surface area contributed by atoms with Crippen molar-refractivity contribution in [3.05, 3.63) is 43.7 Å². The van der Waals surface area contributed by atoms with Crippen molar-refractivity contribution in [1.82, 2.24) is 21.3 Å². The van der Waals surface area contributed by atoms with Crippen molar-refractivity contribution in [3.8, 4) is 0 Å². The van der Waals surface area contributed by atoms with Crippen LogP contribution in [0.5, 0.6) is 0 Å². The predicted octanol–water partition coefficient (Wildman–Crippen LogP) is -3.64. The summed E-state index contributed by atoms with van der Waals surface area (Å²) in [6.45, 7) is -9.68. The van der Waals surface area contributed by atoms with Crippen LogP contribution in [0, 0.1) is 21.4 Å². The van der Waals surface area contributed by atoms with Crippen LogP contribution >= 0.6 is 136 Å². The van der Waals surface area contributed by atoms with Gasteiger partial charge in [0.15, 0.2) is 0 Å². The number of halogens is 6. The van der Waals surface area contributed by atoms with Crippen LogP contribution in [0.4, 0.5) is 11.4 Å². The van der Waals surface area contributed by atoms with Gasteiger partial charge in [0.1, 0.15) is 13.2 Å². The molecule has 64 heavy (non-hydrogen) atoms. The number of nitrogens with one attached hydrogen (secondary N) is 4. The Kier molecular flexibility index (Phi) is 26.5. The van der Waals surface area contributed by atoms with Crippen LogP contribution in [-0.2, 0) is 9.59 Å². The molecule has 0 saturated heterocycles. The van der Waals surface area contributed by atoms with E-state index in [-0.39, 0.29) is 55.0 Å². The molecule has 6 amide bonds. The summed E-state index contributed by atoms with van der Waals surface area (Å²) in [5.74, 6) is -5.99. The number of hydrogen-bond donors (Lipinski definition) is 15. The third kappa shape index (κ3) is 14.6. The highest BCUT2D eigenvalue weighted by molar-refractivity contribution is 14.1. The molecule has 29 heteroatoms. The number of anilines is 2. The lowest BCUT2D eigenvalue weighted by atomic mass is 10.0. The maximum atomic E-state index is 13.8. The molecule has 0 fully saturated rings. The average molecular weight is 1580 g/mol. The van der Waals surface area contributed by atoms with Crippen LogP contribution in [0.3, 0.4) is 0 Å². The molecule has 0 radical (unpaired) electrons. The van der Waals surface area contributed by atoms with Gasteiger partial charge in [-0.2, -0.15) is 0 Å². The number of aliphatic hydroxyl groups is 11. The first-order valence-corrected chi connectivity index (χ1v) is 24.7. The molecule has 0 heterocycles. The number of aliphatic hydroxyl groups excluding tert-OH is 11. The van der Waals surface area contributed by atoms with Crippen molar-refractivity contribution >= 4 is 182 Å². The normalized spacial score (nSPS) is 11.5. The van der Waals surface area contributed by atoms with E-state index in [9.17, 15) is 84.9 Å². The van der Waals surface area contributed by atoms with Gasteiger partial charge in [0.05, 0.1) is 144 Å². The van der Waals surface area contributed by atoms with Crippen LogP contribution < -0.4 is 31.1 Å². The molecule has 0 spiro atoms. The minimum absolute atomic E-state index is 0.0257. The van der Waals surface area contributed by atoms with Gasteiger partial charge in [-0.3, -0.25) is 28.8 Å². The number of hydrogen-bond acceptors (Lipinski definition) is 17. The highest BCUT2D eigenvalue weighted by atomic mass is 127. The predicted molar refractivity (Wildman–Crippen MR) is 276 cm³/mol. The van der Waals surface area contributed by atoms with E-state index in [1.54, 1.807) is 136 Å². The molecular weight excluding hydrogens is 1540 g/mol. The van der Waals surface area contributed by atoms with Crippen molar-refractivity contribution in [1.29, 1.82) is 0 Å². The first-order chi connectivity index (χ1) is 30.2. The van der Waals surface area contributed by atoms with E-state index < -0.39 is 145 Å². The molecule has 2 aromatic carbocycles.